The summed E-state index contributed by atoms with van der Waals surface area (Å²) in [6, 6.07) is 46.8. The zero-order valence-corrected chi connectivity index (χ0v) is 26.7. The van der Waals surface area contributed by atoms with Crippen LogP contribution in [0.15, 0.2) is 133 Å². The van der Waals surface area contributed by atoms with Gasteiger partial charge in [-0.15, -0.1) is 0 Å². The molecule has 2 nitrogen and oxygen atoms in total. The highest BCUT2D eigenvalue weighted by Gasteiger charge is 2.43. The average molecular weight is 583 g/mol. The van der Waals surface area contributed by atoms with E-state index in [-0.39, 0.29) is 5.41 Å². The summed E-state index contributed by atoms with van der Waals surface area (Å²) in [5.41, 5.74) is 12.6. The lowest BCUT2D eigenvalue weighted by Gasteiger charge is -2.46. The zero-order chi connectivity index (χ0) is 31.1. The number of aryl methyl sites for hydroxylation is 4. The van der Waals surface area contributed by atoms with E-state index in [1.807, 2.05) is 0 Å². The monoisotopic (exact) mass is 582 g/mol. The van der Waals surface area contributed by atoms with E-state index >= 15 is 0 Å². The van der Waals surface area contributed by atoms with E-state index in [1.54, 1.807) is 0 Å². The molecule has 2 heteroatoms. The second kappa shape index (κ2) is 11.3. The van der Waals surface area contributed by atoms with Crippen LogP contribution in [-0.4, -0.2) is 0 Å². The van der Waals surface area contributed by atoms with Gasteiger partial charge in [0.2, 0.25) is 0 Å². The van der Waals surface area contributed by atoms with Gasteiger partial charge in [0.15, 0.2) is 0 Å². The van der Waals surface area contributed by atoms with Crippen molar-refractivity contribution in [2.75, 3.05) is 9.80 Å². The van der Waals surface area contributed by atoms with Gasteiger partial charge in [-0.1, -0.05) is 102 Å². The predicted molar refractivity (Wildman–Crippen MR) is 189 cm³/mol. The number of fused-ring (bicyclic) bond motifs is 2. The summed E-state index contributed by atoms with van der Waals surface area (Å²) in [6.45, 7) is 10.9. The Balaban J connectivity index is 1.62. The Hall–Kier alpha value is -5.26. The van der Waals surface area contributed by atoms with E-state index in [2.05, 4.69) is 184 Å². The smallest absolute Gasteiger partial charge is 0.0974 e. The maximum atomic E-state index is 3.50. The number of allylic oxidation sites excluding steroid dienone is 3. The molecule has 1 unspecified atom stereocenters. The molecule has 0 amide bonds. The van der Waals surface area contributed by atoms with Crippen LogP contribution in [0.4, 0.5) is 22.7 Å². The summed E-state index contributed by atoms with van der Waals surface area (Å²) >= 11 is 0. The van der Waals surface area contributed by atoms with Gasteiger partial charge in [-0.05, 0) is 107 Å². The quantitative estimate of drug-likeness (QED) is 0.197. The highest BCUT2D eigenvalue weighted by Crippen LogP contribution is 2.52. The van der Waals surface area contributed by atoms with Gasteiger partial charge in [0.1, 0.15) is 0 Å². The molecule has 0 radical (unpaired) electrons. The molecule has 0 saturated carbocycles. The van der Waals surface area contributed by atoms with E-state index in [4.69, 9.17) is 0 Å². The number of benzene rings is 4. The third-order valence-electron chi connectivity index (χ3n) is 9.18. The molecule has 45 heavy (non-hydrogen) atoms. The van der Waals surface area contributed by atoms with Gasteiger partial charge < -0.3 is 9.80 Å². The molecule has 2 aliphatic carbocycles. The minimum Gasteiger partial charge on any atom is -0.313 e. The minimum absolute atomic E-state index is 0.328. The maximum absolute atomic E-state index is 3.50. The third-order valence-corrected chi connectivity index (χ3v) is 9.18. The van der Waals surface area contributed by atoms with Crippen LogP contribution in [0.3, 0.4) is 0 Å². The predicted octanol–water partition coefficient (Wildman–Crippen LogP) is 9.32. The highest BCUT2D eigenvalue weighted by atomic mass is 15.2. The van der Waals surface area contributed by atoms with E-state index < -0.39 is 0 Å². The standard InChI is InChI=1S/C43H38N2/c1-30-13-21-34(22-14-30)44(35-23-15-31(2)16-24-35)41-38-10-6-7-11-39(38)42(43(5)29-9-8-12-40(41)43)45(36-25-17-32(3)18-26-36)37-27-19-33(4)20-28-37/h6-15,17-23,25-28H,29H2,1-5H3. The minimum atomic E-state index is -0.328. The second-order valence-corrected chi connectivity index (χ2v) is 12.6. The fraction of sp³-hybridized carbons (Fsp3) is 0.163. The molecule has 0 aliphatic heterocycles. The van der Waals surface area contributed by atoms with E-state index in [9.17, 15) is 0 Å². The summed E-state index contributed by atoms with van der Waals surface area (Å²) in [5, 5.41) is 2.43. The van der Waals surface area contributed by atoms with Crippen molar-refractivity contribution in [2.24, 2.45) is 5.41 Å². The lowest BCUT2D eigenvalue weighted by atomic mass is 9.68. The number of anilines is 4. The lowest BCUT2D eigenvalue weighted by molar-refractivity contribution is 0.534. The molecule has 0 N–H and O–H groups in total. The van der Waals surface area contributed by atoms with Crippen molar-refractivity contribution in [1.82, 2.24) is 0 Å². The first-order valence-electron chi connectivity index (χ1n) is 15.8. The van der Waals surface area contributed by atoms with Gasteiger partial charge in [0.05, 0.1) is 11.4 Å². The van der Waals surface area contributed by atoms with Crippen LogP contribution >= 0.6 is 0 Å². The third kappa shape index (κ3) is 5.05. The SMILES string of the molecule is Cc1c#cc(N(C2=c3ccccc3=C(N(c3ccc(C)cc3)c3ccc(C)cc3)C3(C)CC=CC=C23)c2ccc(C)cc2)cc1. The van der Waals surface area contributed by atoms with Gasteiger partial charge in [-0.2, -0.15) is 0 Å². The van der Waals surface area contributed by atoms with Crippen molar-refractivity contribution in [1.29, 1.82) is 0 Å². The molecular weight excluding hydrogens is 544 g/mol. The van der Waals surface area contributed by atoms with E-state index in [0.717, 1.165) is 34.7 Å². The van der Waals surface area contributed by atoms with Crippen LogP contribution in [0.1, 0.15) is 35.6 Å². The van der Waals surface area contributed by atoms with Crippen LogP contribution < -0.4 is 20.2 Å². The normalized spacial score (nSPS) is 16.8. The van der Waals surface area contributed by atoms with E-state index in [1.165, 1.54) is 44.1 Å². The molecule has 0 saturated heterocycles. The first-order chi connectivity index (χ1) is 21.8. The van der Waals surface area contributed by atoms with Crippen molar-refractivity contribution in [3.8, 4) is 0 Å². The summed E-state index contributed by atoms with van der Waals surface area (Å²) in [5.74, 6) is 0. The Labute approximate surface area is 267 Å². The molecule has 0 fully saturated rings. The van der Waals surface area contributed by atoms with Gasteiger partial charge in [-0.25, -0.2) is 0 Å². The average Bonchev–Trinajstić information content (AvgIpc) is 3.05. The number of hydrogen-bond donors (Lipinski definition) is 0. The van der Waals surface area contributed by atoms with Crippen molar-refractivity contribution in [2.45, 2.75) is 41.0 Å². The van der Waals surface area contributed by atoms with Gasteiger partial charge in [0.25, 0.3) is 0 Å². The summed E-state index contributed by atoms with van der Waals surface area (Å²) in [6.07, 6.45) is 7.75. The van der Waals surface area contributed by atoms with Crippen LogP contribution in [0.2, 0.25) is 0 Å². The Bertz CT molecular complexity index is 1950. The zero-order valence-electron chi connectivity index (χ0n) is 26.7. The summed E-state index contributed by atoms with van der Waals surface area (Å²) < 4.78 is 0. The maximum Gasteiger partial charge on any atom is 0.0974 e. The number of rotatable bonds is 6. The Morgan fingerprint density at radius 2 is 1.11 bits per heavy atom. The van der Waals surface area contributed by atoms with E-state index in [0.29, 0.717) is 0 Å². The number of hydrogen-bond acceptors (Lipinski definition) is 2. The first-order valence-corrected chi connectivity index (χ1v) is 15.8. The van der Waals surface area contributed by atoms with Crippen LogP contribution in [0.25, 0.3) is 11.4 Å². The summed E-state index contributed by atoms with van der Waals surface area (Å²) in [7, 11) is 0. The largest absolute Gasteiger partial charge is 0.313 e. The second-order valence-electron chi connectivity index (χ2n) is 12.6. The molecule has 5 aromatic rings. The van der Waals surface area contributed by atoms with Crippen molar-refractivity contribution in [3.05, 3.63) is 178 Å². The van der Waals surface area contributed by atoms with Gasteiger partial charge in [0, 0.05) is 38.6 Å². The molecule has 7 rings (SSSR count). The molecule has 0 aromatic heterocycles. The van der Waals surface area contributed by atoms with Crippen LogP contribution in [0.5, 0.6) is 0 Å². The summed E-state index contributed by atoms with van der Waals surface area (Å²) in [4.78, 5) is 4.87. The lowest BCUT2D eigenvalue weighted by Crippen LogP contribution is -2.49. The Morgan fingerprint density at radius 3 is 1.64 bits per heavy atom. The van der Waals surface area contributed by atoms with Crippen LogP contribution in [0, 0.1) is 45.2 Å². The fourth-order valence-electron chi connectivity index (χ4n) is 6.73. The van der Waals surface area contributed by atoms with Gasteiger partial charge >= 0.3 is 0 Å². The topological polar surface area (TPSA) is 6.48 Å². The fourth-order valence-corrected chi connectivity index (χ4v) is 6.73. The van der Waals surface area contributed by atoms with Crippen molar-refractivity contribution in [3.63, 3.8) is 0 Å². The molecule has 1 atom stereocenters. The molecule has 220 valence electrons. The Kier molecular flexibility index (Phi) is 7.19. The van der Waals surface area contributed by atoms with Crippen molar-refractivity contribution >= 4 is 34.1 Å². The molecule has 0 bridgehead atoms. The Morgan fingerprint density at radius 1 is 0.578 bits per heavy atom. The molecule has 0 spiro atoms. The molecular formula is C43H38N2. The molecule has 5 aromatic carbocycles. The van der Waals surface area contributed by atoms with Crippen molar-refractivity contribution < 1.29 is 0 Å². The van der Waals surface area contributed by atoms with Gasteiger partial charge in [-0.3, -0.25) is 0 Å². The van der Waals surface area contributed by atoms with Crippen LogP contribution in [-0.2, 0) is 0 Å². The molecule has 2 aliphatic rings. The number of nitrogens with zero attached hydrogens (tertiary/aromatic N) is 2. The molecule has 0 heterocycles. The highest BCUT2D eigenvalue weighted by molar-refractivity contribution is 5.95. The first kappa shape index (κ1) is 28.5.